The van der Waals surface area contributed by atoms with Crippen LogP contribution in [0.4, 0.5) is 0 Å². The first kappa shape index (κ1) is 40.1. The molecule has 4 N–H and O–H groups in total. The fraction of sp³-hybridized carbons (Fsp3) is 0.784. The SMILES string of the molecule is CCC(OC)C(C)C1OC1C(NC1CCCCC1)C(C)(O)C=CC=C(C)CC(C)C=CC(OC(C)=O)C(C)CCC(O)CC(=O)O. The lowest BCUT2D eigenvalue weighted by Gasteiger charge is -2.35. The van der Waals surface area contributed by atoms with E-state index in [1.54, 1.807) is 7.11 Å². The van der Waals surface area contributed by atoms with E-state index in [9.17, 15) is 19.8 Å². The molecule has 1 saturated carbocycles. The second-order valence-electron chi connectivity index (χ2n) is 14.1. The van der Waals surface area contributed by atoms with Crippen LogP contribution in [0, 0.1) is 17.8 Å². The van der Waals surface area contributed by atoms with Crippen LogP contribution in [0.3, 0.4) is 0 Å². The number of hydrogen-bond donors (Lipinski definition) is 4. The Bertz CT molecular complexity index is 1010. The van der Waals surface area contributed by atoms with E-state index in [-0.39, 0.29) is 54.5 Å². The maximum Gasteiger partial charge on any atom is 0.305 e. The van der Waals surface area contributed by atoms with Crippen molar-refractivity contribution in [2.45, 2.75) is 161 Å². The average molecular weight is 650 g/mol. The third-order valence-corrected chi connectivity index (χ3v) is 9.67. The molecule has 0 aromatic rings. The lowest BCUT2D eigenvalue weighted by atomic mass is 9.85. The minimum atomic E-state index is -1.11. The van der Waals surface area contributed by atoms with E-state index >= 15 is 0 Å². The molecule has 1 saturated heterocycles. The third kappa shape index (κ3) is 14.0. The number of methoxy groups -OCH3 is 1. The summed E-state index contributed by atoms with van der Waals surface area (Å²) < 4.78 is 17.5. The van der Waals surface area contributed by atoms with Gasteiger partial charge in [0.2, 0.25) is 0 Å². The van der Waals surface area contributed by atoms with Crippen molar-refractivity contribution in [1.82, 2.24) is 5.32 Å². The van der Waals surface area contributed by atoms with Crippen LogP contribution in [0.1, 0.15) is 113 Å². The molecule has 10 atom stereocenters. The van der Waals surface area contributed by atoms with E-state index in [0.29, 0.717) is 18.9 Å². The molecule has 264 valence electrons. The first-order valence-electron chi connectivity index (χ1n) is 17.4. The van der Waals surface area contributed by atoms with E-state index in [2.05, 4.69) is 33.0 Å². The number of aliphatic hydroxyl groups is 2. The number of allylic oxidation sites excluding steroid dienone is 4. The highest BCUT2D eigenvalue weighted by Crippen LogP contribution is 2.39. The molecule has 2 fully saturated rings. The lowest BCUT2D eigenvalue weighted by molar-refractivity contribution is -0.146. The standard InChI is InChI=1S/C37H63NO8/c1-9-31(44-8)27(5)34-35(46-34)36(38-29-15-11-10-12-16-29)37(7,43)21-13-14-24(2)22-25(3)17-20-32(45-28(6)39)26(4)18-19-30(40)23-33(41)42/h13-14,17,20-21,25-27,29-32,34-36,38,40,43H,9-12,15-16,18-19,22-23H2,1-8H3,(H,41,42). The Hall–Kier alpha value is -2.04. The molecule has 0 bridgehead atoms. The summed E-state index contributed by atoms with van der Waals surface area (Å²) in [7, 11) is 1.75. The summed E-state index contributed by atoms with van der Waals surface area (Å²) in [5.74, 6) is -1.09. The Balaban J connectivity index is 2.04. The zero-order valence-corrected chi connectivity index (χ0v) is 29.6. The van der Waals surface area contributed by atoms with Gasteiger partial charge in [-0.1, -0.05) is 76.8 Å². The van der Waals surface area contributed by atoms with E-state index in [0.717, 1.165) is 31.3 Å². The number of carboxylic acids is 1. The fourth-order valence-electron chi connectivity index (χ4n) is 6.83. The van der Waals surface area contributed by atoms with Crippen molar-refractivity contribution in [1.29, 1.82) is 0 Å². The predicted molar refractivity (Wildman–Crippen MR) is 181 cm³/mol. The van der Waals surface area contributed by atoms with Gasteiger partial charge < -0.3 is 34.8 Å². The number of ether oxygens (including phenoxy) is 3. The monoisotopic (exact) mass is 649 g/mol. The number of esters is 1. The number of epoxide rings is 1. The quantitative estimate of drug-likeness (QED) is 0.0501. The normalized spacial score (nSPS) is 25.4. The second kappa shape index (κ2) is 19.7. The zero-order chi connectivity index (χ0) is 34.4. The Morgan fingerprint density at radius 3 is 2.30 bits per heavy atom. The van der Waals surface area contributed by atoms with Crippen molar-refractivity contribution in [2.24, 2.45) is 17.8 Å². The summed E-state index contributed by atoms with van der Waals surface area (Å²) in [6.45, 7) is 13.6. The molecule has 46 heavy (non-hydrogen) atoms. The van der Waals surface area contributed by atoms with Crippen molar-refractivity contribution < 1.29 is 39.1 Å². The van der Waals surface area contributed by atoms with E-state index in [4.69, 9.17) is 19.3 Å². The van der Waals surface area contributed by atoms with Gasteiger partial charge in [-0.25, -0.2) is 0 Å². The molecule has 1 heterocycles. The maximum absolute atomic E-state index is 11.8. The molecule has 0 aromatic heterocycles. The first-order valence-corrected chi connectivity index (χ1v) is 17.4. The van der Waals surface area contributed by atoms with Crippen LogP contribution < -0.4 is 5.32 Å². The van der Waals surface area contributed by atoms with Gasteiger partial charge in [-0.05, 0) is 70.3 Å². The number of carbonyl (C=O) groups is 2. The summed E-state index contributed by atoms with van der Waals surface area (Å²) in [4.78, 5) is 22.6. The molecule has 0 amide bonds. The number of nitrogens with one attached hydrogen (secondary N) is 1. The number of aliphatic carboxylic acids is 1. The van der Waals surface area contributed by atoms with E-state index in [1.807, 2.05) is 44.2 Å². The fourth-order valence-corrected chi connectivity index (χ4v) is 6.83. The van der Waals surface area contributed by atoms with Crippen LogP contribution >= 0.6 is 0 Å². The summed E-state index contributed by atoms with van der Waals surface area (Å²) in [5, 5.41) is 34.4. The first-order chi connectivity index (χ1) is 21.7. The van der Waals surface area contributed by atoms with Crippen molar-refractivity contribution in [3.05, 3.63) is 36.0 Å². The molecule has 1 aliphatic carbocycles. The van der Waals surface area contributed by atoms with Crippen LogP contribution in [0.5, 0.6) is 0 Å². The van der Waals surface area contributed by atoms with Crippen molar-refractivity contribution in [3.8, 4) is 0 Å². The second-order valence-corrected chi connectivity index (χ2v) is 14.1. The molecule has 0 spiro atoms. The smallest absolute Gasteiger partial charge is 0.305 e. The lowest BCUT2D eigenvalue weighted by Crippen LogP contribution is -2.55. The molecular formula is C37H63NO8. The van der Waals surface area contributed by atoms with Gasteiger partial charge in [-0.3, -0.25) is 9.59 Å². The molecule has 9 nitrogen and oxygen atoms in total. The minimum Gasteiger partial charge on any atom is -0.481 e. The van der Waals surface area contributed by atoms with Gasteiger partial charge in [0.15, 0.2) is 0 Å². The van der Waals surface area contributed by atoms with Gasteiger partial charge >= 0.3 is 11.9 Å². The van der Waals surface area contributed by atoms with Crippen LogP contribution in [0.2, 0.25) is 0 Å². The van der Waals surface area contributed by atoms with Crippen LogP contribution in [0.25, 0.3) is 0 Å². The summed E-state index contributed by atoms with van der Waals surface area (Å²) >= 11 is 0. The summed E-state index contributed by atoms with van der Waals surface area (Å²) in [5.41, 5.74) is 0.0361. The molecule has 2 rings (SSSR count). The van der Waals surface area contributed by atoms with E-state index in [1.165, 1.54) is 26.2 Å². The third-order valence-electron chi connectivity index (χ3n) is 9.67. The maximum atomic E-state index is 11.8. The van der Waals surface area contributed by atoms with Gasteiger partial charge in [-0.2, -0.15) is 0 Å². The molecule has 2 aliphatic rings. The number of carbonyl (C=O) groups excluding carboxylic acids is 1. The molecular weight excluding hydrogens is 586 g/mol. The van der Waals surface area contributed by atoms with E-state index < -0.39 is 23.8 Å². The minimum absolute atomic E-state index is 0.0455. The van der Waals surface area contributed by atoms with Gasteiger partial charge in [-0.15, -0.1) is 0 Å². The highest BCUT2D eigenvalue weighted by molar-refractivity contribution is 5.67. The molecule has 0 aromatic carbocycles. The molecule has 10 unspecified atom stereocenters. The Morgan fingerprint density at radius 2 is 1.72 bits per heavy atom. The van der Waals surface area contributed by atoms with Crippen molar-refractivity contribution >= 4 is 11.9 Å². The predicted octanol–water partition coefficient (Wildman–Crippen LogP) is 6.13. The number of aliphatic hydroxyl groups excluding tert-OH is 1. The Morgan fingerprint density at radius 1 is 1.04 bits per heavy atom. The Labute approximate surface area is 277 Å². The van der Waals surface area contributed by atoms with Crippen LogP contribution in [0.15, 0.2) is 36.0 Å². The molecule has 9 heteroatoms. The van der Waals surface area contributed by atoms with Gasteiger partial charge in [0.1, 0.15) is 12.2 Å². The largest absolute Gasteiger partial charge is 0.481 e. The summed E-state index contributed by atoms with van der Waals surface area (Å²) in [6.07, 6.45) is 16.7. The van der Waals surface area contributed by atoms with Crippen molar-refractivity contribution in [2.75, 3.05) is 7.11 Å². The van der Waals surface area contributed by atoms with Crippen molar-refractivity contribution in [3.63, 3.8) is 0 Å². The topological polar surface area (TPSA) is 138 Å². The zero-order valence-electron chi connectivity index (χ0n) is 29.6. The highest BCUT2D eigenvalue weighted by atomic mass is 16.6. The summed E-state index contributed by atoms with van der Waals surface area (Å²) in [6, 6.07) is 0.149. The van der Waals surface area contributed by atoms with Crippen LogP contribution in [-0.4, -0.2) is 82.6 Å². The highest BCUT2D eigenvalue weighted by Gasteiger charge is 2.54. The number of hydrogen-bond acceptors (Lipinski definition) is 8. The van der Waals surface area contributed by atoms with Crippen LogP contribution in [-0.2, 0) is 23.8 Å². The average Bonchev–Trinajstić information content (AvgIpc) is 3.77. The molecule has 0 radical (unpaired) electrons. The van der Waals surface area contributed by atoms with Gasteiger partial charge in [0.25, 0.3) is 0 Å². The Kier molecular flexibility index (Phi) is 17.2. The van der Waals surface area contributed by atoms with Gasteiger partial charge in [0, 0.05) is 26.0 Å². The number of carboxylic acid groups (broad SMARTS) is 1. The molecule has 1 aliphatic heterocycles. The number of rotatable bonds is 21. The van der Waals surface area contributed by atoms with Gasteiger partial charge in [0.05, 0.1) is 36.4 Å².